The molecule has 2 aliphatic rings. The van der Waals surface area contributed by atoms with Crippen LogP contribution in [0.15, 0.2) is 11.6 Å². The Kier molecular flexibility index (Phi) is 3.25. The van der Waals surface area contributed by atoms with Gasteiger partial charge >= 0.3 is 0 Å². The lowest BCUT2D eigenvalue weighted by Crippen LogP contribution is -2.45. The fourth-order valence-electron chi connectivity index (χ4n) is 1.92. The number of thiazole rings is 1. The predicted octanol–water partition coefficient (Wildman–Crippen LogP) is 1.39. The topological polar surface area (TPSA) is 62.3 Å². The van der Waals surface area contributed by atoms with Crippen LogP contribution in [0.5, 0.6) is 0 Å². The van der Waals surface area contributed by atoms with E-state index in [0.29, 0.717) is 16.8 Å². The Balaban J connectivity index is 1.66. The quantitative estimate of drug-likeness (QED) is 0.910. The first-order chi connectivity index (χ1) is 8.75. The zero-order chi connectivity index (χ0) is 12.5. The van der Waals surface area contributed by atoms with Crippen molar-refractivity contribution in [3.8, 4) is 0 Å². The number of nitrogens with zero attached hydrogens (tertiary/aromatic N) is 2. The maximum atomic E-state index is 12.1. The molecule has 7 heteroatoms. The summed E-state index contributed by atoms with van der Waals surface area (Å²) < 4.78 is 0. The normalized spacial score (nSPS) is 23.1. The third-order valence-electron chi connectivity index (χ3n) is 3.06. The molecule has 0 aromatic carbocycles. The Bertz CT molecular complexity index is 459. The van der Waals surface area contributed by atoms with E-state index in [2.05, 4.69) is 10.3 Å². The standard InChI is InChI=1S/C11H13N3O2S2/c15-9(13-11-12-3-4-18-11)8-5-17-6-14(8)10(16)7-1-2-7/h3-4,7-8H,1-2,5-6H2,(H,12,13,15)/t8-/m0/s1. The van der Waals surface area contributed by atoms with Crippen LogP contribution in [0.25, 0.3) is 0 Å². The Morgan fingerprint density at radius 3 is 2.94 bits per heavy atom. The minimum Gasteiger partial charge on any atom is -0.320 e. The molecule has 1 N–H and O–H groups in total. The molecule has 2 amide bonds. The summed E-state index contributed by atoms with van der Waals surface area (Å²) in [4.78, 5) is 29.9. The van der Waals surface area contributed by atoms with E-state index in [9.17, 15) is 9.59 Å². The van der Waals surface area contributed by atoms with E-state index in [4.69, 9.17) is 0 Å². The monoisotopic (exact) mass is 283 g/mol. The highest BCUT2D eigenvalue weighted by molar-refractivity contribution is 7.99. The van der Waals surface area contributed by atoms with Gasteiger partial charge in [-0.05, 0) is 12.8 Å². The molecule has 1 aliphatic carbocycles. The second-order valence-electron chi connectivity index (χ2n) is 4.42. The highest BCUT2D eigenvalue weighted by Gasteiger charge is 2.41. The van der Waals surface area contributed by atoms with Crippen LogP contribution >= 0.6 is 23.1 Å². The van der Waals surface area contributed by atoms with Crippen molar-refractivity contribution in [1.82, 2.24) is 9.88 Å². The van der Waals surface area contributed by atoms with Gasteiger partial charge in [-0.25, -0.2) is 4.98 Å². The summed E-state index contributed by atoms with van der Waals surface area (Å²) in [5.74, 6) is 1.49. The number of carbonyl (C=O) groups excluding carboxylic acids is 2. The molecule has 0 spiro atoms. The fraction of sp³-hybridized carbons (Fsp3) is 0.545. The van der Waals surface area contributed by atoms with Crippen molar-refractivity contribution in [3.63, 3.8) is 0 Å². The zero-order valence-corrected chi connectivity index (χ0v) is 11.3. The Hall–Kier alpha value is -1.08. The fourth-order valence-corrected chi connectivity index (χ4v) is 3.61. The summed E-state index contributed by atoms with van der Waals surface area (Å²) in [5.41, 5.74) is 0. The van der Waals surface area contributed by atoms with Crippen molar-refractivity contribution in [2.45, 2.75) is 18.9 Å². The molecule has 1 aromatic heterocycles. The van der Waals surface area contributed by atoms with Crippen LogP contribution in [-0.4, -0.2) is 39.4 Å². The summed E-state index contributed by atoms with van der Waals surface area (Å²) in [6, 6.07) is -0.341. The third-order valence-corrected chi connectivity index (χ3v) is 4.76. The number of hydrogen-bond donors (Lipinski definition) is 1. The van der Waals surface area contributed by atoms with Crippen LogP contribution < -0.4 is 5.32 Å². The maximum Gasteiger partial charge on any atom is 0.249 e. The molecule has 2 heterocycles. The molecule has 1 atom stereocenters. The molecule has 1 saturated carbocycles. The molecule has 3 rings (SSSR count). The molecule has 0 radical (unpaired) electrons. The highest BCUT2D eigenvalue weighted by atomic mass is 32.2. The van der Waals surface area contributed by atoms with Gasteiger partial charge in [0, 0.05) is 23.2 Å². The van der Waals surface area contributed by atoms with Gasteiger partial charge in [0.25, 0.3) is 0 Å². The van der Waals surface area contributed by atoms with Gasteiger partial charge in [-0.15, -0.1) is 23.1 Å². The van der Waals surface area contributed by atoms with E-state index in [1.54, 1.807) is 22.9 Å². The Morgan fingerprint density at radius 2 is 2.28 bits per heavy atom. The number of aromatic nitrogens is 1. The van der Waals surface area contributed by atoms with Crippen LogP contribution in [0.2, 0.25) is 0 Å². The van der Waals surface area contributed by atoms with E-state index in [-0.39, 0.29) is 23.8 Å². The van der Waals surface area contributed by atoms with Crippen molar-refractivity contribution in [1.29, 1.82) is 0 Å². The molecular formula is C11H13N3O2S2. The summed E-state index contributed by atoms with van der Waals surface area (Å²) in [6.45, 7) is 0. The number of thioether (sulfide) groups is 1. The Morgan fingerprint density at radius 1 is 1.44 bits per heavy atom. The molecule has 18 heavy (non-hydrogen) atoms. The SMILES string of the molecule is O=C(Nc1nccs1)[C@@H]1CSCN1C(=O)C1CC1. The van der Waals surface area contributed by atoms with Crippen LogP contribution in [0, 0.1) is 5.92 Å². The van der Waals surface area contributed by atoms with E-state index in [0.717, 1.165) is 12.8 Å². The van der Waals surface area contributed by atoms with Crippen LogP contribution in [-0.2, 0) is 9.59 Å². The van der Waals surface area contributed by atoms with Crippen LogP contribution in [0.4, 0.5) is 5.13 Å². The van der Waals surface area contributed by atoms with E-state index < -0.39 is 0 Å². The lowest BCUT2D eigenvalue weighted by atomic mass is 10.2. The predicted molar refractivity (Wildman–Crippen MR) is 71.4 cm³/mol. The smallest absolute Gasteiger partial charge is 0.249 e. The van der Waals surface area contributed by atoms with Crippen molar-refractivity contribution < 1.29 is 9.59 Å². The molecule has 0 unspecified atom stereocenters. The van der Waals surface area contributed by atoms with E-state index in [1.165, 1.54) is 11.3 Å². The van der Waals surface area contributed by atoms with E-state index >= 15 is 0 Å². The van der Waals surface area contributed by atoms with Gasteiger partial charge in [0.2, 0.25) is 11.8 Å². The first-order valence-electron chi connectivity index (χ1n) is 5.84. The van der Waals surface area contributed by atoms with Gasteiger partial charge in [0.1, 0.15) is 6.04 Å². The molecule has 0 bridgehead atoms. The van der Waals surface area contributed by atoms with Crippen molar-refractivity contribution >= 4 is 40.0 Å². The second kappa shape index (κ2) is 4.89. The first kappa shape index (κ1) is 12.0. The number of rotatable bonds is 3. The third kappa shape index (κ3) is 2.37. The van der Waals surface area contributed by atoms with Crippen LogP contribution in [0.1, 0.15) is 12.8 Å². The van der Waals surface area contributed by atoms with Gasteiger partial charge in [-0.2, -0.15) is 0 Å². The summed E-state index contributed by atoms with van der Waals surface area (Å²) in [7, 11) is 0. The highest BCUT2D eigenvalue weighted by Crippen LogP contribution is 2.34. The zero-order valence-electron chi connectivity index (χ0n) is 9.67. The largest absolute Gasteiger partial charge is 0.320 e. The van der Waals surface area contributed by atoms with Gasteiger partial charge in [-0.3, -0.25) is 9.59 Å². The number of anilines is 1. The minimum atomic E-state index is -0.341. The number of carbonyl (C=O) groups is 2. The van der Waals surface area contributed by atoms with Crippen LogP contribution in [0.3, 0.4) is 0 Å². The minimum absolute atomic E-state index is 0.121. The number of amides is 2. The Labute approximate surface area is 113 Å². The molecule has 96 valence electrons. The second-order valence-corrected chi connectivity index (χ2v) is 6.32. The molecule has 1 aromatic rings. The summed E-state index contributed by atoms with van der Waals surface area (Å²) in [6.07, 6.45) is 3.60. The van der Waals surface area contributed by atoms with Gasteiger partial charge in [-0.1, -0.05) is 0 Å². The van der Waals surface area contributed by atoms with Crippen molar-refractivity contribution in [2.75, 3.05) is 16.9 Å². The average molecular weight is 283 g/mol. The number of hydrogen-bond acceptors (Lipinski definition) is 5. The maximum absolute atomic E-state index is 12.1. The van der Waals surface area contributed by atoms with Crippen molar-refractivity contribution in [3.05, 3.63) is 11.6 Å². The number of nitrogens with one attached hydrogen (secondary N) is 1. The lowest BCUT2D eigenvalue weighted by Gasteiger charge is -2.22. The van der Waals surface area contributed by atoms with Gasteiger partial charge in [0.15, 0.2) is 5.13 Å². The molecule has 2 fully saturated rings. The van der Waals surface area contributed by atoms with Gasteiger partial charge < -0.3 is 10.2 Å². The molecule has 5 nitrogen and oxygen atoms in total. The first-order valence-corrected chi connectivity index (χ1v) is 7.88. The summed E-state index contributed by atoms with van der Waals surface area (Å²) >= 11 is 3.02. The molecule has 1 aliphatic heterocycles. The van der Waals surface area contributed by atoms with Gasteiger partial charge in [0.05, 0.1) is 5.88 Å². The molecular weight excluding hydrogens is 270 g/mol. The van der Waals surface area contributed by atoms with E-state index in [1.807, 2.05) is 5.38 Å². The lowest BCUT2D eigenvalue weighted by molar-refractivity contribution is -0.137. The molecule has 1 saturated heterocycles. The summed E-state index contributed by atoms with van der Waals surface area (Å²) in [5, 5.41) is 5.17. The van der Waals surface area contributed by atoms with Crippen molar-refractivity contribution in [2.24, 2.45) is 5.92 Å². The average Bonchev–Trinajstić information content (AvgIpc) is 2.89.